The molecule has 4 heteroatoms. The lowest BCUT2D eigenvalue weighted by Gasteiger charge is -2.00. The van der Waals surface area contributed by atoms with E-state index in [1.807, 2.05) is 18.2 Å². The summed E-state index contributed by atoms with van der Waals surface area (Å²) in [5.41, 5.74) is 1.69. The Morgan fingerprint density at radius 3 is 2.92 bits per heavy atom. The molecular weight excluding hydrogens is 232 g/mol. The van der Waals surface area contributed by atoms with E-state index in [0.29, 0.717) is 0 Å². The van der Waals surface area contributed by atoms with Gasteiger partial charge in [-0.1, -0.05) is 0 Å². The van der Waals surface area contributed by atoms with Crippen molar-refractivity contribution in [1.82, 2.24) is 9.97 Å². The molecule has 0 saturated carbocycles. The van der Waals surface area contributed by atoms with Crippen molar-refractivity contribution in [3.05, 3.63) is 29.0 Å². The first-order chi connectivity index (χ1) is 6.29. The second kappa shape index (κ2) is 3.30. The van der Waals surface area contributed by atoms with Gasteiger partial charge in [0.1, 0.15) is 10.4 Å². The van der Waals surface area contributed by atoms with Crippen molar-refractivity contribution in [2.24, 2.45) is 0 Å². The lowest BCUT2D eigenvalue weighted by atomic mass is 10.3. The van der Waals surface area contributed by atoms with Crippen LogP contribution in [0, 0.1) is 0 Å². The van der Waals surface area contributed by atoms with Crippen LogP contribution in [0.1, 0.15) is 0 Å². The number of ether oxygens (including phenoxy) is 1. The number of benzene rings is 1. The minimum atomic E-state index is 0.741. The van der Waals surface area contributed by atoms with Gasteiger partial charge in [-0.15, -0.1) is 0 Å². The number of hydrogen-bond donors (Lipinski definition) is 0. The molecule has 0 aliphatic heterocycles. The van der Waals surface area contributed by atoms with E-state index in [4.69, 9.17) is 4.74 Å². The minimum Gasteiger partial charge on any atom is -0.497 e. The Balaban J connectivity index is 2.66. The highest BCUT2D eigenvalue weighted by atomic mass is 79.9. The maximum Gasteiger partial charge on any atom is 0.125 e. The zero-order valence-electron chi connectivity index (χ0n) is 6.99. The summed E-state index contributed by atoms with van der Waals surface area (Å²) in [6.07, 6.45) is 1.67. The molecule has 66 valence electrons. The highest BCUT2D eigenvalue weighted by Gasteiger charge is 1.98. The Hall–Kier alpha value is -1.16. The van der Waals surface area contributed by atoms with E-state index in [0.717, 1.165) is 21.4 Å². The predicted octanol–water partition coefficient (Wildman–Crippen LogP) is 2.40. The van der Waals surface area contributed by atoms with Crippen LogP contribution in [0.15, 0.2) is 29.0 Å². The monoisotopic (exact) mass is 238 g/mol. The van der Waals surface area contributed by atoms with Crippen molar-refractivity contribution >= 4 is 27.0 Å². The van der Waals surface area contributed by atoms with Gasteiger partial charge in [0, 0.05) is 6.07 Å². The molecule has 2 rings (SSSR count). The SMILES string of the molecule is COc1ccc2nc(Br)cnc2c1. The molecule has 2 aromatic rings. The maximum atomic E-state index is 5.07. The van der Waals surface area contributed by atoms with Crippen LogP contribution >= 0.6 is 15.9 Å². The van der Waals surface area contributed by atoms with Crippen LogP contribution in [0.4, 0.5) is 0 Å². The van der Waals surface area contributed by atoms with Crippen LogP contribution in [0.25, 0.3) is 11.0 Å². The van der Waals surface area contributed by atoms with Crippen molar-refractivity contribution in [3.8, 4) is 5.75 Å². The number of fused-ring (bicyclic) bond motifs is 1. The molecule has 1 aromatic heterocycles. The number of hydrogen-bond acceptors (Lipinski definition) is 3. The molecule has 0 spiro atoms. The quantitative estimate of drug-likeness (QED) is 0.766. The highest BCUT2D eigenvalue weighted by Crippen LogP contribution is 2.18. The zero-order valence-corrected chi connectivity index (χ0v) is 8.58. The first-order valence-electron chi connectivity index (χ1n) is 3.76. The summed E-state index contributed by atoms with van der Waals surface area (Å²) in [5, 5.41) is 0. The third-order valence-corrected chi connectivity index (χ3v) is 2.10. The molecule has 1 heterocycles. The van der Waals surface area contributed by atoms with Crippen molar-refractivity contribution in [3.63, 3.8) is 0 Å². The fraction of sp³-hybridized carbons (Fsp3) is 0.111. The van der Waals surface area contributed by atoms with E-state index in [2.05, 4.69) is 25.9 Å². The zero-order chi connectivity index (χ0) is 9.26. The van der Waals surface area contributed by atoms with E-state index in [1.54, 1.807) is 13.3 Å². The molecule has 13 heavy (non-hydrogen) atoms. The van der Waals surface area contributed by atoms with Crippen LogP contribution in [0.3, 0.4) is 0 Å². The van der Waals surface area contributed by atoms with Crippen LogP contribution in [0.2, 0.25) is 0 Å². The molecule has 0 aliphatic carbocycles. The largest absolute Gasteiger partial charge is 0.497 e. The van der Waals surface area contributed by atoms with E-state index in [1.165, 1.54) is 0 Å². The summed E-state index contributed by atoms with van der Waals surface area (Å²) in [6.45, 7) is 0. The highest BCUT2D eigenvalue weighted by molar-refractivity contribution is 9.10. The molecule has 1 aromatic carbocycles. The molecule has 0 atom stereocenters. The van der Waals surface area contributed by atoms with Gasteiger partial charge >= 0.3 is 0 Å². The average molecular weight is 239 g/mol. The topological polar surface area (TPSA) is 35.0 Å². The van der Waals surface area contributed by atoms with Crippen LogP contribution in [0.5, 0.6) is 5.75 Å². The van der Waals surface area contributed by atoms with Crippen LogP contribution in [-0.4, -0.2) is 17.1 Å². The first kappa shape index (κ1) is 8.44. The van der Waals surface area contributed by atoms with Gasteiger partial charge in [0.05, 0.1) is 24.3 Å². The first-order valence-corrected chi connectivity index (χ1v) is 4.55. The molecular formula is C9H7BrN2O. The Morgan fingerprint density at radius 1 is 1.31 bits per heavy atom. The van der Waals surface area contributed by atoms with Gasteiger partial charge in [0.25, 0.3) is 0 Å². The normalized spacial score (nSPS) is 10.3. The maximum absolute atomic E-state index is 5.07. The standard InChI is InChI=1S/C9H7BrN2O/c1-13-6-2-3-7-8(4-6)11-5-9(10)12-7/h2-5H,1H3. The number of aromatic nitrogens is 2. The molecule has 0 N–H and O–H groups in total. The van der Waals surface area contributed by atoms with Gasteiger partial charge in [-0.3, -0.25) is 4.98 Å². The van der Waals surface area contributed by atoms with Gasteiger partial charge < -0.3 is 4.74 Å². The molecule has 0 saturated heterocycles. The van der Waals surface area contributed by atoms with E-state index in [-0.39, 0.29) is 0 Å². The van der Waals surface area contributed by atoms with Crippen molar-refractivity contribution in [2.75, 3.05) is 7.11 Å². The van der Waals surface area contributed by atoms with Gasteiger partial charge in [0.15, 0.2) is 0 Å². The summed E-state index contributed by atoms with van der Waals surface area (Å²) in [6, 6.07) is 5.60. The van der Waals surface area contributed by atoms with Crippen molar-refractivity contribution in [1.29, 1.82) is 0 Å². The molecule has 0 unspecified atom stereocenters. The minimum absolute atomic E-state index is 0.741. The number of methoxy groups -OCH3 is 1. The fourth-order valence-corrected chi connectivity index (χ4v) is 1.39. The van der Waals surface area contributed by atoms with Crippen LogP contribution < -0.4 is 4.74 Å². The Kier molecular flexibility index (Phi) is 2.14. The number of halogens is 1. The average Bonchev–Trinajstić information content (AvgIpc) is 2.17. The van der Waals surface area contributed by atoms with Gasteiger partial charge in [0.2, 0.25) is 0 Å². The Labute approximate surface area is 83.9 Å². The Bertz CT molecular complexity index is 445. The van der Waals surface area contributed by atoms with Crippen LogP contribution in [-0.2, 0) is 0 Å². The van der Waals surface area contributed by atoms with E-state index >= 15 is 0 Å². The third-order valence-electron chi connectivity index (χ3n) is 1.72. The number of nitrogens with zero attached hydrogens (tertiary/aromatic N) is 2. The molecule has 0 aliphatic rings. The summed E-state index contributed by atoms with van der Waals surface area (Å²) in [4.78, 5) is 8.45. The van der Waals surface area contributed by atoms with Crippen molar-refractivity contribution < 1.29 is 4.74 Å². The molecule has 0 fully saturated rings. The van der Waals surface area contributed by atoms with E-state index in [9.17, 15) is 0 Å². The van der Waals surface area contributed by atoms with Gasteiger partial charge in [-0.2, -0.15) is 0 Å². The van der Waals surface area contributed by atoms with Gasteiger partial charge in [-0.25, -0.2) is 4.98 Å². The second-order valence-corrected chi connectivity index (χ2v) is 3.36. The summed E-state index contributed by atoms with van der Waals surface area (Å²) in [5.74, 6) is 0.795. The van der Waals surface area contributed by atoms with Crippen molar-refractivity contribution in [2.45, 2.75) is 0 Å². The van der Waals surface area contributed by atoms with Gasteiger partial charge in [-0.05, 0) is 28.1 Å². The summed E-state index contributed by atoms with van der Waals surface area (Å²) in [7, 11) is 1.63. The summed E-state index contributed by atoms with van der Waals surface area (Å²) < 4.78 is 5.81. The Morgan fingerprint density at radius 2 is 2.15 bits per heavy atom. The fourth-order valence-electron chi connectivity index (χ4n) is 1.09. The third kappa shape index (κ3) is 1.62. The summed E-state index contributed by atoms with van der Waals surface area (Å²) >= 11 is 3.26. The number of rotatable bonds is 1. The predicted molar refractivity (Wildman–Crippen MR) is 53.8 cm³/mol. The smallest absolute Gasteiger partial charge is 0.125 e. The lowest BCUT2D eigenvalue weighted by molar-refractivity contribution is 0.415. The lowest BCUT2D eigenvalue weighted by Crippen LogP contribution is -1.86. The molecule has 0 radical (unpaired) electrons. The molecule has 0 amide bonds. The second-order valence-electron chi connectivity index (χ2n) is 2.55. The molecule has 0 bridgehead atoms. The van der Waals surface area contributed by atoms with E-state index < -0.39 is 0 Å². The molecule has 3 nitrogen and oxygen atoms in total.